The van der Waals surface area contributed by atoms with Crippen LogP contribution in [0.4, 0.5) is 0 Å². The summed E-state index contributed by atoms with van der Waals surface area (Å²) in [6, 6.07) is 8.37. The van der Waals surface area contributed by atoms with Gasteiger partial charge in [-0.15, -0.1) is 0 Å². The van der Waals surface area contributed by atoms with Gasteiger partial charge in [0.2, 0.25) is 0 Å². The molecule has 0 bridgehead atoms. The minimum atomic E-state index is -3.88. The molecule has 4 heteroatoms. The fraction of sp³-hybridized carbons (Fsp3) is 0.571. The van der Waals surface area contributed by atoms with E-state index in [4.69, 9.17) is 4.55 Å². The third-order valence-corrected chi connectivity index (χ3v) is 4.45. The molecule has 0 fully saturated rings. The third kappa shape index (κ3) is 4.78. The quantitative estimate of drug-likeness (QED) is 0.806. The Hall–Kier alpha value is -0.870. The molecule has 18 heavy (non-hydrogen) atoms. The highest BCUT2D eigenvalue weighted by atomic mass is 32.2. The van der Waals surface area contributed by atoms with Crippen molar-refractivity contribution in [3.63, 3.8) is 0 Å². The molecule has 1 rings (SSSR count). The molecule has 0 amide bonds. The van der Waals surface area contributed by atoms with Gasteiger partial charge in [0.1, 0.15) is 0 Å². The van der Waals surface area contributed by atoms with Crippen LogP contribution in [-0.4, -0.2) is 18.2 Å². The van der Waals surface area contributed by atoms with Gasteiger partial charge < -0.3 is 0 Å². The molecule has 0 saturated carbocycles. The highest BCUT2D eigenvalue weighted by molar-refractivity contribution is 7.86. The number of hydrogen-bond donors (Lipinski definition) is 1. The van der Waals surface area contributed by atoms with Gasteiger partial charge in [0, 0.05) is 0 Å². The van der Waals surface area contributed by atoms with Gasteiger partial charge in [0.25, 0.3) is 10.1 Å². The molecule has 1 unspecified atom stereocenters. The van der Waals surface area contributed by atoms with Crippen molar-refractivity contribution >= 4 is 10.1 Å². The minimum Gasteiger partial charge on any atom is -0.285 e. The largest absolute Gasteiger partial charge is 0.285 e. The summed E-state index contributed by atoms with van der Waals surface area (Å²) in [5, 5.41) is -0.675. The Morgan fingerprint density at radius 2 is 1.89 bits per heavy atom. The number of rotatable bonds is 6. The Kier molecular flexibility index (Phi) is 5.35. The van der Waals surface area contributed by atoms with Gasteiger partial charge in [-0.05, 0) is 43.2 Å². The summed E-state index contributed by atoms with van der Waals surface area (Å²) >= 11 is 0. The normalized spacial score (nSPS) is 13.8. The summed E-state index contributed by atoms with van der Waals surface area (Å²) in [5.74, 6) is 0.502. The SMILES string of the molecule is CC(C)c1cccc(CCCC(C)S(=O)(=O)O)c1. The van der Waals surface area contributed by atoms with Crippen LogP contribution in [-0.2, 0) is 16.5 Å². The van der Waals surface area contributed by atoms with Crippen molar-refractivity contribution in [3.8, 4) is 0 Å². The average molecular weight is 270 g/mol. The summed E-state index contributed by atoms with van der Waals surface area (Å²) in [4.78, 5) is 0. The lowest BCUT2D eigenvalue weighted by Crippen LogP contribution is -2.16. The molecule has 0 radical (unpaired) electrons. The molecular formula is C14H22O3S. The van der Waals surface area contributed by atoms with E-state index in [1.165, 1.54) is 11.1 Å². The molecule has 1 aromatic carbocycles. The monoisotopic (exact) mass is 270 g/mol. The minimum absolute atomic E-state index is 0.491. The van der Waals surface area contributed by atoms with Gasteiger partial charge in [0.05, 0.1) is 5.25 Å². The van der Waals surface area contributed by atoms with Crippen LogP contribution in [0.1, 0.15) is 50.7 Å². The fourth-order valence-corrected chi connectivity index (χ4v) is 2.31. The summed E-state index contributed by atoms with van der Waals surface area (Å²) in [7, 11) is -3.88. The van der Waals surface area contributed by atoms with E-state index >= 15 is 0 Å². The van der Waals surface area contributed by atoms with E-state index in [9.17, 15) is 8.42 Å². The van der Waals surface area contributed by atoms with Gasteiger partial charge in [-0.1, -0.05) is 38.1 Å². The zero-order chi connectivity index (χ0) is 13.8. The standard InChI is InChI=1S/C14H22O3S/c1-11(2)14-9-5-8-13(10-14)7-4-6-12(3)18(15,16)17/h5,8-12H,4,6-7H2,1-3H3,(H,15,16,17). The summed E-state index contributed by atoms with van der Waals surface area (Å²) in [6.45, 7) is 5.85. The van der Waals surface area contributed by atoms with Gasteiger partial charge in [-0.25, -0.2) is 0 Å². The van der Waals surface area contributed by atoms with Gasteiger partial charge >= 0.3 is 0 Å². The molecule has 0 aromatic heterocycles. The zero-order valence-electron chi connectivity index (χ0n) is 11.3. The molecule has 0 aliphatic carbocycles. The lowest BCUT2D eigenvalue weighted by Gasteiger charge is -2.10. The van der Waals surface area contributed by atoms with Crippen molar-refractivity contribution in [1.29, 1.82) is 0 Å². The van der Waals surface area contributed by atoms with Crippen molar-refractivity contribution in [2.75, 3.05) is 0 Å². The maximum absolute atomic E-state index is 10.9. The number of aryl methyl sites for hydroxylation is 1. The van der Waals surface area contributed by atoms with Crippen LogP contribution >= 0.6 is 0 Å². The maximum atomic E-state index is 10.9. The molecule has 0 aliphatic heterocycles. The van der Waals surface area contributed by atoms with Gasteiger partial charge in [-0.3, -0.25) is 4.55 Å². The zero-order valence-corrected chi connectivity index (χ0v) is 12.1. The third-order valence-electron chi connectivity index (χ3n) is 3.20. The van der Waals surface area contributed by atoms with E-state index in [0.717, 1.165) is 12.8 Å². The topological polar surface area (TPSA) is 54.4 Å². The molecule has 1 atom stereocenters. The second-order valence-corrected chi connectivity index (χ2v) is 6.95. The Morgan fingerprint density at radius 3 is 2.44 bits per heavy atom. The van der Waals surface area contributed by atoms with Crippen molar-refractivity contribution in [2.24, 2.45) is 0 Å². The second-order valence-electron chi connectivity index (χ2n) is 5.12. The first-order valence-corrected chi connectivity index (χ1v) is 7.86. The molecule has 3 nitrogen and oxygen atoms in total. The lowest BCUT2D eigenvalue weighted by molar-refractivity contribution is 0.464. The van der Waals surface area contributed by atoms with Crippen molar-refractivity contribution in [3.05, 3.63) is 35.4 Å². The fourth-order valence-electron chi connectivity index (χ4n) is 1.85. The highest BCUT2D eigenvalue weighted by Gasteiger charge is 2.16. The van der Waals surface area contributed by atoms with E-state index in [1.807, 2.05) is 6.07 Å². The van der Waals surface area contributed by atoms with Crippen LogP contribution in [0, 0.1) is 0 Å². The van der Waals surface area contributed by atoms with Crippen molar-refractivity contribution in [1.82, 2.24) is 0 Å². The van der Waals surface area contributed by atoms with Crippen LogP contribution < -0.4 is 0 Å². The maximum Gasteiger partial charge on any atom is 0.267 e. The van der Waals surface area contributed by atoms with Crippen LogP contribution in [0.3, 0.4) is 0 Å². The Morgan fingerprint density at radius 1 is 1.22 bits per heavy atom. The smallest absolute Gasteiger partial charge is 0.267 e. The Labute approximate surface area is 110 Å². The van der Waals surface area contributed by atoms with Crippen LogP contribution in [0.15, 0.2) is 24.3 Å². The van der Waals surface area contributed by atoms with Crippen molar-refractivity contribution < 1.29 is 13.0 Å². The van der Waals surface area contributed by atoms with E-state index in [2.05, 4.69) is 32.0 Å². The van der Waals surface area contributed by atoms with Crippen molar-refractivity contribution in [2.45, 2.75) is 51.2 Å². The second kappa shape index (κ2) is 6.34. The van der Waals surface area contributed by atoms with Crippen LogP contribution in [0.25, 0.3) is 0 Å². The van der Waals surface area contributed by atoms with Crippen LogP contribution in [0.5, 0.6) is 0 Å². The first-order valence-electron chi connectivity index (χ1n) is 6.36. The Bertz CT molecular complexity index is 478. The predicted molar refractivity (Wildman–Crippen MR) is 74.5 cm³/mol. The molecule has 1 aromatic rings. The first-order chi connectivity index (χ1) is 8.30. The molecule has 1 N–H and O–H groups in total. The summed E-state index contributed by atoms with van der Waals surface area (Å²) in [5.41, 5.74) is 2.53. The Balaban J connectivity index is 2.52. The lowest BCUT2D eigenvalue weighted by atomic mass is 9.98. The predicted octanol–water partition coefficient (Wildman–Crippen LogP) is 3.41. The van der Waals surface area contributed by atoms with E-state index in [1.54, 1.807) is 6.92 Å². The number of hydrogen-bond acceptors (Lipinski definition) is 2. The molecule has 0 heterocycles. The highest BCUT2D eigenvalue weighted by Crippen LogP contribution is 2.17. The van der Waals surface area contributed by atoms with Gasteiger partial charge in [-0.2, -0.15) is 8.42 Å². The molecule has 102 valence electrons. The first kappa shape index (κ1) is 15.2. The summed E-state index contributed by atoms with van der Waals surface area (Å²) < 4.78 is 30.6. The average Bonchev–Trinajstić information content (AvgIpc) is 2.28. The van der Waals surface area contributed by atoms with Gasteiger partial charge in [0.15, 0.2) is 0 Å². The number of benzene rings is 1. The van der Waals surface area contributed by atoms with Crippen LogP contribution in [0.2, 0.25) is 0 Å². The van der Waals surface area contributed by atoms with E-state index in [-0.39, 0.29) is 0 Å². The summed E-state index contributed by atoms with van der Waals surface area (Å²) in [6.07, 6.45) is 2.10. The van der Waals surface area contributed by atoms with E-state index in [0.29, 0.717) is 12.3 Å². The van der Waals surface area contributed by atoms with E-state index < -0.39 is 15.4 Å². The molecule has 0 saturated heterocycles. The molecular weight excluding hydrogens is 248 g/mol. The molecule has 0 spiro atoms. The molecule has 0 aliphatic rings.